The molecule has 72 valence electrons. The first-order valence-electron chi connectivity index (χ1n) is 4.10. The van der Waals surface area contributed by atoms with E-state index < -0.39 is 0 Å². The number of aryl methyl sites for hydroxylation is 1. The minimum absolute atomic E-state index is 0.286. The van der Waals surface area contributed by atoms with Gasteiger partial charge in [-0.25, -0.2) is 4.39 Å². The standard InChI is InChI=1S/C10H8ClFN2/c1-5-7(12)3-2-6-9(11)8(13)4-14-10(5)6/h2-4H,13H2,1H3. The van der Waals surface area contributed by atoms with Crippen molar-refractivity contribution >= 4 is 28.2 Å². The highest BCUT2D eigenvalue weighted by Crippen LogP contribution is 2.29. The summed E-state index contributed by atoms with van der Waals surface area (Å²) in [6.45, 7) is 1.66. The van der Waals surface area contributed by atoms with E-state index in [9.17, 15) is 4.39 Å². The molecule has 2 aromatic rings. The van der Waals surface area contributed by atoms with Crippen LogP contribution in [-0.2, 0) is 0 Å². The van der Waals surface area contributed by atoms with Gasteiger partial charge in [-0.3, -0.25) is 4.98 Å². The molecule has 1 aromatic heterocycles. The summed E-state index contributed by atoms with van der Waals surface area (Å²) < 4.78 is 13.2. The van der Waals surface area contributed by atoms with Crippen molar-refractivity contribution in [1.82, 2.24) is 4.98 Å². The Labute approximate surface area is 85.5 Å². The van der Waals surface area contributed by atoms with Gasteiger partial charge in [-0.1, -0.05) is 11.6 Å². The lowest BCUT2D eigenvalue weighted by atomic mass is 10.1. The molecule has 0 aliphatic rings. The van der Waals surface area contributed by atoms with E-state index in [1.165, 1.54) is 12.3 Å². The molecule has 0 aliphatic heterocycles. The summed E-state index contributed by atoms with van der Waals surface area (Å²) in [5.74, 6) is -0.286. The number of aromatic nitrogens is 1. The van der Waals surface area contributed by atoms with Crippen LogP contribution in [0.4, 0.5) is 10.1 Å². The first-order valence-corrected chi connectivity index (χ1v) is 4.48. The van der Waals surface area contributed by atoms with Gasteiger partial charge in [0.05, 0.1) is 22.4 Å². The molecule has 1 aromatic carbocycles. The predicted molar refractivity (Wildman–Crippen MR) is 55.9 cm³/mol. The molecule has 2 rings (SSSR count). The zero-order valence-electron chi connectivity index (χ0n) is 7.51. The molecule has 2 nitrogen and oxygen atoms in total. The van der Waals surface area contributed by atoms with Crippen molar-refractivity contribution in [3.8, 4) is 0 Å². The van der Waals surface area contributed by atoms with Gasteiger partial charge >= 0.3 is 0 Å². The lowest BCUT2D eigenvalue weighted by Crippen LogP contribution is -1.93. The number of pyridine rings is 1. The highest BCUT2D eigenvalue weighted by Gasteiger charge is 2.08. The molecule has 1 heterocycles. The third-order valence-electron chi connectivity index (χ3n) is 2.19. The molecule has 0 amide bonds. The molecule has 4 heteroatoms. The van der Waals surface area contributed by atoms with Gasteiger partial charge in [0.1, 0.15) is 5.82 Å². The van der Waals surface area contributed by atoms with Gasteiger partial charge in [0.2, 0.25) is 0 Å². The molecule has 0 saturated carbocycles. The van der Waals surface area contributed by atoms with Crippen LogP contribution in [-0.4, -0.2) is 4.98 Å². The Morgan fingerprint density at radius 1 is 1.43 bits per heavy atom. The summed E-state index contributed by atoms with van der Waals surface area (Å²) in [6, 6.07) is 2.95. The molecular formula is C10H8ClFN2. The normalized spacial score (nSPS) is 10.8. The van der Waals surface area contributed by atoms with Gasteiger partial charge in [-0.05, 0) is 19.1 Å². The first-order chi connectivity index (χ1) is 6.61. The SMILES string of the molecule is Cc1c(F)ccc2c(Cl)c(N)cnc12. The summed E-state index contributed by atoms with van der Waals surface area (Å²) in [6.07, 6.45) is 1.44. The summed E-state index contributed by atoms with van der Waals surface area (Å²) in [5.41, 5.74) is 7.04. The Balaban J connectivity index is 2.94. The van der Waals surface area contributed by atoms with Crippen molar-refractivity contribution in [3.63, 3.8) is 0 Å². The highest BCUT2D eigenvalue weighted by atomic mass is 35.5. The average molecular weight is 211 g/mol. The second-order valence-corrected chi connectivity index (χ2v) is 3.47. The fourth-order valence-electron chi connectivity index (χ4n) is 1.37. The average Bonchev–Trinajstić information content (AvgIpc) is 2.17. The van der Waals surface area contributed by atoms with E-state index in [4.69, 9.17) is 17.3 Å². The summed E-state index contributed by atoms with van der Waals surface area (Å²) in [5, 5.41) is 1.11. The van der Waals surface area contributed by atoms with Crippen molar-refractivity contribution in [1.29, 1.82) is 0 Å². The van der Waals surface area contributed by atoms with E-state index in [1.807, 2.05) is 0 Å². The monoisotopic (exact) mass is 210 g/mol. The van der Waals surface area contributed by atoms with Gasteiger partial charge in [-0.15, -0.1) is 0 Å². The summed E-state index contributed by atoms with van der Waals surface area (Å²) >= 11 is 5.96. The minimum atomic E-state index is -0.286. The van der Waals surface area contributed by atoms with Crippen LogP contribution in [0.5, 0.6) is 0 Å². The maximum absolute atomic E-state index is 13.2. The van der Waals surface area contributed by atoms with E-state index >= 15 is 0 Å². The number of anilines is 1. The fraction of sp³-hybridized carbons (Fsp3) is 0.100. The summed E-state index contributed by atoms with van der Waals surface area (Å²) in [7, 11) is 0. The van der Waals surface area contributed by atoms with E-state index in [0.717, 1.165) is 0 Å². The van der Waals surface area contributed by atoms with Crippen molar-refractivity contribution < 1.29 is 4.39 Å². The minimum Gasteiger partial charge on any atom is -0.396 e. The van der Waals surface area contributed by atoms with E-state index in [0.29, 0.717) is 27.2 Å². The largest absolute Gasteiger partial charge is 0.396 e. The number of nitrogens with two attached hydrogens (primary N) is 1. The van der Waals surface area contributed by atoms with E-state index in [1.54, 1.807) is 13.0 Å². The number of benzene rings is 1. The van der Waals surface area contributed by atoms with Gasteiger partial charge in [0.25, 0.3) is 0 Å². The van der Waals surface area contributed by atoms with Crippen molar-refractivity contribution in [3.05, 3.63) is 34.7 Å². The quantitative estimate of drug-likeness (QED) is 0.726. The molecular weight excluding hydrogens is 203 g/mol. The van der Waals surface area contributed by atoms with Crippen molar-refractivity contribution in [2.45, 2.75) is 6.92 Å². The van der Waals surface area contributed by atoms with Crippen LogP contribution in [0.3, 0.4) is 0 Å². The number of halogens is 2. The van der Waals surface area contributed by atoms with E-state index in [-0.39, 0.29) is 5.82 Å². The number of rotatable bonds is 0. The maximum atomic E-state index is 13.2. The number of fused-ring (bicyclic) bond motifs is 1. The zero-order chi connectivity index (χ0) is 10.3. The molecule has 0 bridgehead atoms. The van der Waals surface area contributed by atoms with Gasteiger partial charge in [-0.2, -0.15) is 0 Å². The van der Waals surface area contributed by atoms with Crippen LogP contribution < -0.4 is 5.73 Å². The van der Waals surface area contributed by atoms with Crippen LogP contribution in [0, 0.1) is 12.7 Å². The molecule has 0 atom stereocenters. The Morgan fingerprint density at radius 2 is 2.14 bits per heavy atom. The Morgan fingerprint density at radius 3 is 2.86 bits per heavy atom. The lowest BCUT2D eigenvalue weighted by molar-refractivity contribution is 0.620. The van der Waals surface area contributed by atoms with Crippen molar-refractivity contribution in [2.75, 3.05) is 5.73 Å². The molecule has 0 saturated heterocycles. The van der Waals surface area contributed by atoms with Crippen LogP contribution in [0.2, 0.25) is 5.02 Å². The molecule has 0 unspecified atom stereocenters. The maximum Gasteiger partial charge on any atom is 0.128 e. The summed E-state index contributed by atoms with van der Waals surface area (Å²) in [4.78, 5) is 4.05. The second-order valence-electron chi connectivity index (χ2n) is 3.10. The Bertz CT molecular complexity index is 464. The molecule has 0 spiro atoms. The van der Waals surface area contributed by atoms with Gasteiger partial charge in [0.15, 0.2) is 0 Å². The van der Waals surface area contributed by atoms with Crippen LogP contribution in [0.1, 0.15) is 5.56 Å². The van der Waals surface area contributed by atoms with Gasteiger partial charge < -0.3 is 5.73 Å². The zero-order valence-corrected chi connectivity index (χ0v) is 8.27. The van der Waals surface area contributed by atoms with Gasteiger partial charge in [0, 0.05) is 10.9 Å². The molecule has 14 heavy (non-hydrogen) atoms. The topological polar surface area (TPSA) is 38.9 Å². The highest BCUT2D eigenvalue weighted by molar-refractivity contribution is 6.37. The third kappa shape index (κ3) is 1.21. The Hall–Kier alpha value is -1.35. The Kier molecular flexibility index (Phi) is 2.04. The number of nitrogens with zero attached hydrogens (tertiary/aromatic N) is 1. The smallest absolute Gasteiger partial charge is 0.128 e. The fourth-order valence-corrected chi connectivity index (χ4v) is 1.57. The first kappa shape index (κ1) is 9.21. The number of hydrogen-bond donors (Lipinski definition) is 1. The van der Waals surface area contributed by atoms with Crippen LogP contribution in [0.25, 0.3) is 10.9 Å². The van der Waals surface area contributed by atoms with Crippen LogP contribution in [0.15, 0.2) is 18.3 Å². The molecule has 0 fully saturated rings. The second kappa shape index (κ2) is 3.10. The predicted octanol–water partition coefficient (Wildman–Crippen LogP) is 2.92. The molecule has 0 radical (unpaired) electrons. The van der Waals surface area contributed by atoms with Crippen molar-refractivity contribution in [2.24, 2.45) is 0 Å². The third-order valence-corrected chi connectivity index (χ3v) is 2.61. The number of hydrogen-bond acceptors (Lipinski definition) is 2. The molecule has 2 N–H and O–H groups in total. The lowest BCUT2D eigenvalue weighted by Gasteiger charge is -2.05. The molecule has 0 aliphatic carbocycles. The van der Waals surface area contributed by atoms with Crippen LogP contribution >= 0.6 is 11.6 Å². The number of nitrogen functional groups attached to an aromatic ring is 1. The van der Waals surface area contributed by atoms with E-state index in [2.05, 4.69) is 4.98 Å².